The first-order valence-electron chi connectivity index (χ1n) is 4.50. The molecule has 15 heavy (non-hydrogen) atoms. The predicted molar refractivity (Wildman–Crippen MR) is 46.6 cm³/mol. The summed E-state index contributed by atoms with van der Waals surface area (Å²) in [5, 5.41) is 0. The molecule has 0 aromatic heterocycles. The van der Waals surface area contributed by atoms with Gasteiger partial charge in [-0.3, -0.25) is 0 Å². The van der Waals surface area contributed by atoms with Gasteiger partial charge in [-0.05, 0) is 11.6 Å². The Morgan fingerprint density at radius 2 is 2.00 bits per heavy atom. The highest BCUT2D eigenvalue weighted by Gasteiger charge is 2.33. The Balaban J connectivity index is 2.13. The molecule has 0 saturated carbocycles. The van der Waals surface area contributed by atoms with Gasteiger partial charge < -0.3 is 9.47 Å². The fraction of sp³-hybridized carbons (Fsp3) is 0.400. The first-order chi connectivity index (χ1) is 7.04. The molecule has 5 heteroatoms. The van der Waals surface area contributed by atoms with Crippen LogP contribution in [0.25, 0.3) is 0 Å². The van der Waals surface area contributed by atoms with E-state index in [-0.39, 0.29) is 11.9 Å². The van der Waals surface area contributed by atoms with Gasteiger partial charge in [0.2, 0.25) is 0 Å². The fourth-order valence-corrected chi connectivity index (χ4v) is 1.33. The van der Waals surface area contributed by atoms with Crippen LogP contribution in [0.5, 0.6) is 5.75 Å². The van der Waals surface area contributed by atoms with E-state index in [9.17, 15) is 13.2 Å². The quantitative estimate of drug-likeness (QED) is 0.727. The highest BCUT2D eigenvalue weighted by Crippen LogP contribution is 2.28. The van der Waals surface area contributed by atoms with Gasteiger partial charge in [-0.15, -0.1) is 13.2 Å². The Morgan fingerprint density at radius 1 is 1.33 bits per heavy atom. The lowest BCUT2D eigenvalue weighted by molar-refractivity contribution is -0.274. The van der Waals surface area contributed by atoms with E-state index in [0.29, 0.717) is 18.6 Å². The van der Waals surface area contributed by atoms with Gasteiger partial charge in [0, 0.05) is 6.42 Å². The number of rotatable bonds is 3. The van der Waals surface area contributed by atoms with Crippen molar-refractivity contribution in [3.63, 3.8) is 0 Å². The smallest absolute Gasteiger partial charge is 0.406 e. The molecule has 1 aliphatic rings. The van der Waals surface area contributed by atoms with Crippen molar-refractivity contribution in [2.24, 2.45) is 0 Å². The molecule has 0 radical (unpaired) electrons. The average molecular weight is 218 g/mol. The topological polar surface area (TPSA) is 21.8 Å². The molecule has 0 amide bonds. The Hall–Kier alpha value is -1.23. The van der Waals surface area contributed by atoms with Gasteiger partial charge in [-0.2, -0.15) is 0 Å². The molecule has 1 aliphatic heterocycles. The molecule has 1 aromatic rings. The number of epoxide rings is 1. The summed E-state index contributed by atoms with van der Waals surface area (Å²) in [6.45, 7) is 0.611. The Labute approximate surface area is 84.6 Å². The third kappa shape index (κ3) is 3.13. The number of alkyl halides is 3. The molecule has 0 spiro atoms. The molecule has 0 N–H and O–H groups in total. The van der Waals surface area contributed by atoms with Crippen molar-refractivity contribution in [3.05, 3.63) is 29.8 Å². The van der Waals surface area contributed by atoms with Gasteiger partial charge in [0.15, 0.2) is 0 Å². The van der Waals surface area contributed by atoms with Gasteiger partial charge in [0.1, 0.15) is 5.75 Å². The molecule has 2 rings (SSSR count). The SMILES string of the molecule is FC(F)(F)Oc1ccccc1CC1CO1. The second kappa shape index (κ2) is 3.73. The molecule has 0 bridgehead atoms. The summed E-state index contributed by atoms with van der Waals surface area (Å²) in [7, 11) is 0. The van der Waals surface area contributed by atoms with E-state index in [1.54, 1.807) is 12.1 Å². The Kier molecular flexibility index (Phi) is 2.56. The van der Waals surface area contributed by atoms with Crippen LogP contribution in [0.4, 0.5) is 13.2 Å². The zero-order chi connectivity index (χ0) is 10.9. The van der Waals surface area contributed by atoms with Crippen molar-refractivity contribution < 1.29 is 22.6 Å². The second-order valence-corrected chi connectivity index (χ2v) is 3.31. The summed E-state index contributed by atoms with van der Waals surface area (Å²) >= 11 is 0. The van der Waals surface area contributed by atoms with Crippen LogP contribution in [0.2, 0.25) is 0 Å². The zero-order valence-electron chi connectivity index (χ0n) is 7.75. The maximum atomic E-state index is 12.0. The van der Waals surface area contributed by atoms with Gasteiger partial charge in [-0.25, -0.2) is 0 Å². The molecule has 2 nitrogen and oxygen atoms in total. The molecular formula is C10H9F3O2. The lowest BCUT2D eigenvalue weighted by atomic mass is 10.1. The summed E-state index contributed by atoms with van der Waals surface area (Å²) < 4.78 is 44.9. The van der Waals surface area contributed by atoms with Crippen molar-refractivity contribution in [2.75, 3.05) is 6.61 Å². The number of benzene rings is 1. The van der Waals surface area contributed by atoms with Gasteiger partial charge in [-0.1, -0.05) is 18.2 Å². The third-order valence-corrected chi connectivity index (χ3v) is 2.05. The molecule has 1 aromatic carbocycles. The van der Waals surface area contributed by atoms with Gasteiger partial charge in [0.25, 0.3) is 0 Å². The fourth-order valence-electron chi connectivity index (χ4n) is 1.33. The lowest BCUT2D eigenvalue weighted by Crippen LogP contribution is -2.18. The number of hydrogen-bond acceptors (Lipinski definition) is 2. The van der Waals surface area contributed by atoms with E-state index in [1.165, 1.54) is 12.1 Å². The maximum Gasteiger partial charge on any atom is 0.573 e. The summed E-state index contributed by atoms with van der Waals surface area (Å²) in [4.78, 5) is 0. The maximum absolute atomic E-state index is 12.0. The standard InChI is InChI=1S/C10H9F3O2/c11-10(12,13)15-9-4-2-1-3-7(9)5-8-6-14-8/h1-4,8H,5-6H2. The van der Waals surface area contributed by atoms with Gasteiger partial charge in [0.05, 0.1) is 12.7 Å². The van der Waals surface area contributed by atoms with Crippen LogP contribution in [0.3, 0.4) is 0 Å². The molecule has 1 heterocycles. The molecule has 1 unspecified atom stereocenters. The number of hydrogen-bond donors (Lipinski definition) is 0. The summed E-state index contributed by atoms with van der Waals surface area (Å²) in [6.07, 6.45) is -4.13. The average Bonchev–Trinajstić information content (AvgIpc) is 2.89. The van der Waals surface area contributed by atoms with E-state index in [0.717, 1.165) is 0 Å². The van der Waals surface area contributed by atoms with Crippen molar-refractivity contribution in [2.45, 2.75) is 18.9 Å². The predicted octanol–water partition coefficient (Wildman–Crippen LogP) is 2.53. The van der Waals surface area contributed by atoms with Crippen molar-refractivity contribution in [3.8, 4) is 5.75 Å². The van der Waals surface area contributed by atoms with E-state index >= 15 is 0 Å². The van der Waals surface area contributed by atoms with Crippen LogP contribution in [0, 0.1) is 0 Å². The van der Waals surface area contributed by atoms with Gasteiger partial charge >= 0.3 is 6.36 Å². The summed E-state index contributed by atoms with van der Waals surface area (Å²) in [5.74, 6) is -0.138. The monoisotopic (exact) mass is 218 g/mol. The van der Waals surface area contributed by atoms with E-state index < -0.39 is 6.36 Å². The Morgan fingerprint density at radius 3 is 2.60 bits per heavy atom. The highest BCUT2D eigenvalue weighted by molar-refractivity contribution is 5.34. The number of para-hydroxylation sites is 1. The first-order valence-corrected chi connectivity index (χ1v) is 4.50. The highest BCUT2D eigenvalue weighted by atomic mass is 19.4. The minimum absolute atomic E-state index is 0.0444. The van der Waals surface area contributed by atoms with E-state index in [2.05, 4.69) is 4.74 Å². The molecule has 1 fully saturated rings. The van der Waals surface area contributed by atoms with Crippen molar-refractivity contribution in [1.29, 1.82) is 0 Å². The molecule has 0 aliphatic carbocycles. The van der Waals surface area contributed by atoms with Crippen LogP contribution in [-0.2, 0) is 11.2 Å². The third-order valence-electron chi connectivity index (χ3n) is 2.05. The first kappa shape index (κ1) is 10.3. The minimum atomic E-state index is -4.64. The van der Waals surface area contributed by atoms with Crippen molar-refractivity contribution >= 4 is 0 Å². The van der Waals surface area contributed by atoms with Crippen molar-refractivity contribution in [1.82, 2.24) is 0 Å². The van der Waals surface area contributed by atoms with Crippen LogP contribution in [0.1, 0.15) is 5.56 Å². The van der Waals surface area contributed by atoms with Crippen LogP contribution >= 0.6 is 0 Å². The molecule has 1 saturated heterocycles. The summed E-state index contributed by atoms with van der Waals surface area (Å²) in [6, 6.07) is 6.12. The van der Waals surface area contributed by atoms with E-state index in [1.807, 2.05) is 0 Å². The van der Waals surface area contributed by atoms with Crippen LogP contribution < -0.4 is 4.74 Å². The van der Waals surface area contributed by atoms with Crippen LogP contribution in [-0.4, -0.2) is 19.1 Å². The second-order valence-electron chi connectivity index (χ2n) is 3.31. The largest absolute Gasteiger partial charge is 0.573 e. The van der Waals surface area contributed by atoms with E-state index in [4.69, 9.17) is 4.74 Å². The summed E-state index contributed by atoms with van der Waals surface area (Å²) in [5.41, 5.74) is 0.525. The number of halogens is 3. The molecular weight excluding hydrogens is 209 g/mol. The normalized spacial score (nSPS) is 20.1. The molecule has 1 atom stereocenters. The lowest BCUT2D eigenvalue weighted by Gasteiger charge is -2.12. The Bertz CT molecular complexity index is 345. The number of ether oxygens (including phenoxy) is 2. The van der Waals surface area contributed by atoms with Crippen LogP contribution in [0.15, 0.2) is 24.3 Å². The zero-order valence-corrected chi connectivity index (χ0v) is 7.75. The molecule has 82 valence electrons. The minimum Gasteiger partial charge on any atom is -0.406 e.